The van der Waals surface area contributed by atoms with Gasteiger partial charge in [-0.1, -0.05) is 136 Å². The molecular weight excluding hydrogens is 1460 g/mol. The van der Waals surface area contributed by atoms with E-state index in [1.807, 2.05) is 179 Å². The highest BCUT2D eigenvalue weighted by Crippen LogP contribution is 2.08. The van der Waals surface area contributed by atoms with Crippen molar-refractivity contribution >= 4 is 22.7 Å². The van der Waals surface area contributed by atoms with Crippen LogP contribution < -0.4 is 0 Å². The van der Waals surface area contributed by atoms with Gasteiger partial charge in [0.05, 0.1) is 109 Å². The third kappa shape index (κ3) is 87.1. The van der Waals surface area contributed by atoms with Crippen LogP contribution in [0.25, 0.3) is 0 Å². The molecule has 0 bridgehead atoms. The normalized spacial score (nSPS) is 8.06. The van der Waals surface area contributed by atoms with Gasteiger partial charge < -0.3 is 8.83 Å². The highest BCUT2D eigenvalue weighted by molar-refractivity contribution is 7.09. The number of aromatic nitrogens is 6. The van der Waals surface area contributed by atoms with Crippen LogP contribution in [-0.2, 0) is 33.7 Å². The fourth-order valence-corrected chi connectivity index (χ4v) is 7.09. The Balaban J connectivity index is -0.000000119. The van der Waals surface area contributed by atoms with Crippen molar-refractivity contribution in [2.24, 2.45) is 7.05 Å². The summed E-state index contributed by atoms with van der Waals surface area (Å²) in [5.41, 5.74) is 14.7. The lowest BCUT2D eigenvalue weighted by atomic mass is 10.2. The molecule has 0 saturated heterocycles. The summed E-state index contributed by atoms with van der Waals surface area (Å²) in [6.07, 6.45) is 18.8. The van der Waals surface area contributed by atoms with Gasteiger partial charge >= 0.3 is 0 Å². The van der Waals surface area contributed by atoms with Crippen molar-refractivity contribution in [3.05, 3.63) is 331 Å². The smallest absolute Gasteiger partial charge is 0.115 e. The fraction of sp³-hybridized carbons (Fsp3) is 0.325. The van der Waals surface area contributed by atoms with Crippen molar-refractivity contribution < 1.29 is 74.8 Å². The molecule has 12 rings (SSSR count). The molecule has 0 amide bonds. The molecular formula is C83H117F15N6O2S2. The summed E-state index contributed by atoms with van der Waals surface area (Å²) >= 11 is 3.52. The molecule has 12 aromatic rings. The lowest BCUT2D eigenvalue weighted by Crippen LogP contribution is -1.83. The van der Waals surface area contributed by atoms with Gasteiger partial charge in [-0.05, 0) is 203 Å². The van der Waals surface area contributed by atoms with Gasteiger partial charge in [0.15, 0.2) is 0 Å². The van der Waals surface area contributed by atoms with Crippen LogP contribution in [0.3, 0.4) is 0 Å². The molecule has 25 heteroatoms. The van der Waals surface area contributed by atoms with Gasteiger partial charge in [-0.25, -0.2) is 17.6 Å². The van der Waals surface area contributed by atoms with E-state index in [1.54, 1.807) is 120 Å². The van der Waals surface area contributed by atoms with Gasteiger partial charge in [0, 0.05) is 42.9 Å². The lowest BCUT2D eigenvalue weighted by molar-refractivity contribution is 0.316. The molecule has 0 unspecified atom stereocenters. The number of rotatable bonds is 4. The van der Waals surface area contributed by atoms with Crippen LogP contribution in [0.1, 0.15) is 88.5 Å². The Labute approximate surface area is 643 Å². The highest BCUT2D eigenvalue weighted by Gasteiger charge is 1.91. The molecule has 0 aliphatic heterocycles. The number of halogens is 15. The third-order valence-electron chi connectivity index (χ3n) is 10.9. The van der Waals surface area contributed by atoms with E-state index in [9.17, 15) is 65.9 Å². The third-order valence-corrected chi connectivity index (χ3v) is 12.5. The van der Waals surface area contributed by atoms with E-state index < -0.39 is 0 Å². The minimum absolute atomic E-state index is 0.287. The van der Waals surface area contributed by atoms with E-state index in [-0.39, 0.29) is 31.6 Å². The van der Waals surface area contributed by atoms with E-state index in [4.69, 9.17) is 8.83 Å². The second-order valence-corrected chi connectivity index (χ2v) is 21.6. The Morgan fingerprint density at radius 3 is 0.852 bits per heavy atom. The Kier molecular flexibility index (Phi) is 108. The first-order valence-electron chi connectivity index (χ1n) is 31.8. The van der Waals surface area contributed by atoms with Gasteiger partial charge in [0.1, 0.15) is 32.5 Å². The van der Waals surface area contributed by atoms with Gasteiger partial charge in [-0.15, -0.1) is 16.2 Å². The van der Waals surface area contributed by atoms with E-state index >= 15 is 0 Å². The van der Waals surface area contributed by atoms with Gasteiger partial charge in [-0.3, -0.25) is 58.6 Å². The topological polar surface area (TPSA) is 87.7 Å². The minimum atomic E-state index is -0.361. The molecule has 8 heterocycles. The molecule has 0 atom stereocenters. The predicted octanol–water partition coefficient (Wildman–Crippen LogP) is 27.4. The number of thiophene rings is 2. The van der Waals surface area contributed by atoms with Crippen LogP contribution in [0, 0.1) is 83.1 Å². The maximum atomic E-state index is 11.9. The average molecular weight is 1580 g/mol. The zero-order valence-electron chi connectivity index (χ0n) is 66.9. The summed E-state index contributed by atoms with van der Waals surface area (Å²) in [7, 11) is 6.91. The van der Waals surface area contributed by atoms with Crippen molar-refractivity contribution in [2.75, 3.05) is 71.8 Å². The van der Waals surface area contributed by atoms with Crippen LogP contribution in [0.4, 0.5) is 65.9 Å². The first-order chi connectivity index (χ1) is 52.2. The Morgan fingerprint density at radius 1 is 0.333 bits per heavy atom. The van der Waals surface area contributed by atoms with E-state index in [1.165, 1.54) is 67.3 Å². The van der Waals surface area contributed by atoms with Crippen LogP contribution in [0.15, 0.2) is 251 Å². The molecule has 0 N–H and O–H groups in total. The van der Waals surface area contributed by atoms with Gasteiger partial charge in [0.25, 0.3) is 0 Å². The predicted molar refractivity (Wildman–Crippen MR) is 429 cm³/mol. The van der Waals surface area contributed by atoms with Gasteiger partial charge in [0.2, 0.25) is 0 Å². The Hall–Kier alpha value is -9.49. The average Bonchev–Trinajstić information content (AvgIpc) is 1.67. The minimum Gasteiger partial charge on any atom is -0.472 e. The molecule has 8 nitrogen and oxygen atoms in total. The quantitative estimate of drug-likeness (QED) is 0.163. The number of aryl methyl sites for hydroxylation is 13. The first-order valence-corrected chi connectivity index (χ1v) is 33.6. The van der Waals surface area contributed by atoms with Crippen LogP contribution in [0.2, 0.25) is 0 Å². The monoisotopic (exact) mass is 1580 g/mol. The summed E-state index contributed by atoms with van der Waals surface area (Å²) in [6, 6.07) is 49.6. The van der Waals surface area contributed by atoms with Crippen molar-refractivity contribution in [3.63, 3.8) is 0 Å². The molecule has 0 fully saturated rings. The highest BCUT2D eigenvalue weighted by atomic mass is 32.1. The molecule has 0 radical (unpaired) electrons. The zero-order valence-corrected chi connectivity index (χ0v) is 68.5. The Bertz CT molecular complexity index is 3010. The summed E-state index contributed by atoms with van der Waals surface area (Å²) in [5.74, 6) is 0.968. The SMILES string of the molecule is CF.CF.CF.CF.CF.CF.CF.CF.CF.CF.Cc1ccc(CF)cc1.Cc1ccc(CF)cc1.Cc1ccc(CF)cc1.Cc1ccc(CF)cc1.Cc1cccnc1.Cc1ccco1.Cc1cccs1.Cc1ccncc1.Cc1ccoc1.Cc1ccsc1.Cc1cnn(C)c1.Cc1cnn(F)c1. The Morgan fingerprint density at radius 2 is 0.722 bits per heavy atom. The maximum Gasteiger partial charge on any atom is 0.115 e. The summed E-state index contributed by atoms with van der Waals surface area (Å²) < 4.78 is 165. The standard InChI is InChI=1S/4C8H9F.2C6H7N.C5H8N2.2C5H6O.2C5H6S.C4H5FN2.10CH3F/c4*1-7-2-4-8(6-9)5-3-7;1-6-2-4-7-5-3-6;1-6-3-2-4-7-5-6;1-5-3-6-7(2)4-5;1-5-2-3-6-4-5;1-5-3-2-4-6-5;1-5-2-3-6-4-5;1-5-3-2-4-6-5;1-4-2-6-7(5)3-4;10*1-2/h4*2-5H,6H2,1H3;2*2-5H,1H3;3-4H,1-2H3;4*2-4H,1H3;2-3H,1H3;10*1H3. The fourth-order valence-electron chi connectivity index (χ4n) is 5.89. The second-order valence-electron chi connectivity index (χ2n) is 19.7. The summed E-state index contributed by atoms with van der Waals surface area (Å²) in [4.78, 5) is 9.40. The molecule has 4 aromatic carbocycles. The number of nitrogens with zero attached hydrogens (tertiary/aromatic N) is 6. The summed E-state index contributed by atoms with van der Waals surface area (Å²) in [5, 5.41) is 13.5. The number of hydrogen-bond donors (Lipinski definition) is 0. The van der Waals surface area contributed by atoms with Crippen molar-refractivity contribution in [3.8, 4) is 0 Å². The second kappa shape index (κ2) is 97.5. The number of hydrogen-bond acceptors (Lipinski definition) is 8. The molecule has 8 aromatic heterocycles. The number of furan rings is 2. The van der Waals surface area contributed by atoms with Gasteiger partial charge in [-0.2, -0.15) is 21.5 Å². The number of pyridine rings is 2. The van der Waals surface area contributed by atoms with Crippen LogP contribution >= 0.6 is 22.7 Å². The first kappa shape index (κ1) is 120. The molecule has 108 heavy (non-hydrogen) atoms. The maximum absolute atomic E-state index is 11.9. The largest absolute Gasteiger partial charge is 0.472 e. The molecule has 0 aliphatic carbocycles. The zero-order chi connectivity index (χ0) is 85.2. The lowest BCUT2D eigenvalue weighted by Gasteiger charge is -1.92. The van der Waals surface area contributed by atoms with Crippen LogP contribution in [-0.4, -0.2) is 102 Å². The van der Waals surface area contributed by atoms with Crippen molar-refractivity contribution in [1.82, 2.24) is 29.8 Å². The molecule has 0 spiro atoms. The van der Waals surface area contributed by atoms with E-state index in [0.29, 0.717) is 71.8 Å². The van der Waals surface area contributed by atoms with Crippen molar-refractivity contribution in [1.29, 1.82) is 0 Å². The molecule has 0 saturated carbocycles. The van der Waals surface area contributed by atoms with Crippen LogP contribution in [0.5, 0.6) is 0 Å². The van der Waals surface area contributed by atoms with E-state index in [2.05, 4.69) is 68.4 Å². The summed E-state index contributed by atoms with van der Waals surface area (Å²) in [6.45, 7) is 22.5. The number of alkyl halides is 14. The molecule has 608 valence electrons. The van der Waals surface area contributed by atoms with E-state index in [0.717, 1.165) is 33.6 Å². The number of benzene rings is 4. The van der Waals surface area contributed by atoms with Crippen molar-refractivity contribution in [2.45, 2.75) is 110 Å². The molecule has 0 aliphatic rings.